The van der Waals surface area contributed by atoms with Crippen molar-refractivity contribution in [2.24, 2.45) is 5.92 Å². The van der Waals surface area contributed by atoms with Crippen molar-refractivity contribution in [1.29, 1.82) is 0 Å². The predicted molar refractivity (Wildman–Crippen MR) is 60.5 cm³/mol. The fourth-order valence-corrected chi connectivity index (χ4v) is 1.66. The quantitative estimate of drug-likeness (QED) is 0.772. The number of rotatable bonds is 2. The van der Waals surface area contributed by atoms with Crippen LogP contribution in [0.15, 0.2) is 18.2 Å². The Morgan fingerprint density at radius 1 is 1.33 bits per heavy atom. The average Bonchev–Trinajstić information content (AvgIpc) is 2.64. The number of hydrogen-bond donors (Lipinski definition) is 2. The van der Waals surface area contributed by atoms with E-state index in [1.807, 2.05) is 19.9 Å². The second-order valence-corrected chi connectivity index (χ2v) is 4.23. The van der Waals surface area contributed by atoms with Gasteiger partial charge in [0.15, 0.2) is 0 Å². The highest BCUT2D eigenvalue weighted by molar-refractivity contribution is 5.92. The number of carbonyl (C=O) groups is 1. The van der Waals surface area contributed by atoms with Crippen molar-refractivity contribution in [2.75, 3.05) is 5.32 Å². The van der Waals surface area contributed by atoms with Gasteiger partial charge in [-0.25, -0.2) is 0 Å². The van der Waals surface area contributed by atoms with Crippen LogP contribution in [0.1, 0.15) is 25.0 Å². The molecule has 1 aromatic rings. The Bertz CT molecular complexity index is 385. The Morgan fingerprint density at radius 3 is 2.80 bits per heavy atom. The van der Waals surface area contributed by atoms with Gasteiger partial charge in [0.25, 0.3) is 0 Å². The molecule has 15 heavy (non-hydrogen) atoms. The van der Waals surface area contributed by atoms with Crippen molar-refractivity contribution in [1.82, 2.24) is 5.32 Å². The van der Waals surface area contributed by atoms with E-state index >= 15 is 0 Å². The molecule has 0 saturated heterocycles. The Kier molecular flexibility index (Phi) is 2.73. The fraction of sp³-hybridized carbons (Fsp3) is 0.417. The molecule has 1 aromatic carbocycles. The highest BCUT2D eigenvalue weighted by Crippen LogP contribution is 2.20. The average molecular weight is 204 g/mol. The minimum Gasteiger partial charge on any atom is -0.326 e. The van der Waals surface area contributed by atoms with E-state index in [2.05, 4.69) is 22.8 Å². The van der Waals surface area contributed by atoms with E-state index in [1.165, 1.54) is 11.1 Å². The maximum Gasteiger partial charge on any atom is 0.226 e. The van der Waals surface area contributed by atoms with Gasteiger partial charge in [-0.3, -0.25) is 4.79 Å². The lowest BCUT2D eigenvalue weighted by Crippen LogP contribution is -2.17. The third-order valence-corrected chi connectivity index (χ3v) is 2.63. The van der Waals surface area contributed by atoms with Gasteiger partial charge in [-0.2, -0.15) is 0 Å². The van der Waals surface area contributed by atoms with E-state index in [9.17, 15) is 4.79 Å². The van der Waals surface area contributed by atoms with Crippen molar-refractivity contribution in [3.8, 4) is 0 Å². The van der Waals surface area contributed by atoms with Crippen molar-refractivity contribution in [3.63, 3.8) is 0 Å². The summed E-state index contributed by atoms with van der Waals surface area (Å²) >= 11 is 0. The largest absolute Gasteiger partial charge is 0.326 e. The Hall–Kier alpha value is -1.35. The van der Waals surface area contributed by atoms with E-state index in [0.29, 0.717) is 0 Å². The SMILES string of the molecule is CC(C)C(=O)Nc1ccc2c(c1)CNC2. The van der Waals surface area contributed by atoms with Gasteiger partial charge < -0.3 is 10.6 Å². The highest BCUT2D eigenvalue weighted by Gasteiger charge is 2.12. The van der Waals surface area contributed by atoms with E-state index in [-0.39, 0.29) is 11.8 Å². The maximum atomic E-state index is 11.5. The molecular formula is C12H16N2O. The van der Waals surface area contributed by atoms with Crippen LogP contribution in [0.3, 0.4) is 0 Å². The van der Waals surface area contributed by atoms with Gasteiger partial charge in [-0.1, -0.05) is 19.9 Å². The molecule has 80 valence electrons. The lowest BCUT2D eigenvalue weighted by molar-refractivity contribution is -0.118. The molecule has 0 bridgehead atoms. The molecule has 1 amide bonds. The van der Waals surface area contributed by atoms with Crippen LogP contribution in [-0.4, -0.2) is 5.91 Å². The minimum absolute atomic E-state index is 0.0244. The van der Waals surface area contributed by atoms with Gasteiger partial charge in [0.05, 0.1) is 0 Å². The third-order valence-electron chi connectivity index (χ3n) is 2.63. The molecule has 0 aromatic heterocycles. The monoisotopic (exact) mass is 204 g/mol. The number of amides is 1. The van der Waals surface area contributed by atoms with Gasteiger partial charge in [0.2, 0.25) is 5.91 Å². The standard InChI is InChI=1S/C12H16N2O/c1-8(2)12(15)14-11-4-3-9-6-13-7-10(9)5-11/h3-5,8,13H,6-7H2,1-2H3,(H,14,15). The molecule has 3 heteroatoms. The molecule has 1 aliphatic rings. The summed E-state index contributed by atoms with van der Waals surface area (Å²) in [6.07, 6.45) is 0. The summed E-state index contributed by atoms with van der Waals surface area (Å²) in [5.41, 5.74) is 3.52. The first kappa shape index (κ1) is 10.2. The second-order valence-electron chi connectivity index (χ2n) is 4.23. The first-order chi connectivity index (χ1) is 7.16. The molecule has 0 aliphatic carbocycles. The van der Waals surface area contributed by atoms with Gasteiger partial charge in [-0.05, 0) is 23.3 Å². The number of benzene rings is 1. The normalized spacial score (nSPS) is 14.1. The summed E-state index contributed by atoms with van der Waals surface area (Å²) in [6.45, 7) is 5.63. The molecule has 0 unspecified atom stereocenters. The van der Waals surface area contributed by atoms with Crippen molar-refractivity contribution in [2.45, 2.75) is 26.9 Å². The zero-order chi connectivity index (χ0) is 10.8. The third kappa shape index (κ3) is 2.18. The second kappa shape index (κ2) is 4.03. The van der Waals surface area contributed by atoms with Crippen LogP contribution in [0.25, 0.3) is 0 Å². The lowest BCUT2D eigenvalue weighted by atomic mass is 10.1. The fourth-order valence-electron chi connectivity index (χ4n) is 1.66. The topological polar surface area (TPSA) is 41.1 Å². The molecule has 1 aliphatic heterocycles. The number of anilines is 1. The molecule has 2 N–H and O–H groups in total. The summed E-state index contributed by atoms with van der Waals surface area (Å²) < 4.78 is 0. The summed E-state index contributed by atoms with van der Waals surface area (Å²) in [5.74, 6) is 0.0947. The molecule has 0 atom stereocenters. The maximum absolute atomic E-state index is 11.5. The van der Waals surface area contributed by atoms with Crippen LogP contribution >= 0.6 is 0 Å². The van der Waals surface area contributed by atoms with E-state index in [0.717, 1.165) is 18.8 Å². The van der Waals surface area contributed by atoms with Gasteiger partial charge >= 0.3 is 0 Å². The number of hydrogen-bond acceptors (Lipinski definition) is 2. The van der Waals surface area contributed by atoms with Crippen LogP contribution in [0, 0.1) is 5.92 Å². The molecule has 1 heterocycles. The van der Waals surface area contributed by atoms with Crippen molar-refractivity contribution >= 4 is 11.6 Å². The van der Waals surface area contributed by atoms with Crippen molar-refractivity contribution < 1.29 is 4.79 Å². The predicted octanol–water partition coefficient (Wildman–Crippen LogP) is 1.88. The molecular weight excluding hydrogens is 188 g/mol. The lowest BCUT2D eigenvalue weighted by Gasteiger charge is -2.08. The van der Waals surface area contributed by atoms with E-state index in [1.54, 1.807) is 0 Å². The summed E-state index contributed by atoms with van der Waals surface area (Å²) in [6, 6.07) is 6.09. The van der Waals surface area contributed by atoms with Crippen LogP contribution < -0.4 is 10.6 Å². The zero-order valence-electron chi connectivity index (χ0n) is 9.13. The van der Waals surface area contributed by atoms with Gasteiger partial charge in [0.1, 0.15) is 0 Å². The Balaban J connectivity index is 2.13. The first-order valence-electron chi connectivity index (χ1n) is 5.30. The van der Waals surface area contributed by atoms with Crippen LogP contribution in [0.5, 0.6) is 0 Å². The number of nitrogens with one attached hydrogen (secondary N) is 2. The minimum atomic E-state index is 0.0244. The van der Waals surface area contributed by atoms with Crippen molar-refractivity contribution in [3.05, 3.63) is 29.3 Å². The summed E-state index contributed by atoms with van der Waals surface area (Å²) in [5, 5.41) is 6.18. The molecule has 3 nitrogen and oxygen atoms in total. The van der Waals surface area contributed by atoms with Gasteiger partial charge in [0, 0.05) is 24.7 Å². The first-order valence-corrected chi connectivity index (χ1v) is 5.30. The smallest absolute Gasteiger partial charge is 0.226 e. The van der Waals surface area contributed by atoms with Gasteiger partial charge in [-0.15, -0.1) is 0 Å². The molecule has 0 spiro atoms. The number of carbonyl (C=O) groups excluding carboxylic acids is 1. The molecule has 0 fully saturated rings. The van der Waals surface area contributed by atoms with Crippen LogP contribution in [0.2, 0.25) is 0 Å². The Morgan fingerprint density at radius 2 is 2.07 bits per heavy atom. The van der Waals surface area contributed by atoms with E-state index < -0.39 is 0 Å². The van der Waals surface area contributed by atoms with Crippen LogP contribution in [0.4, 0.5) is 5.69 Å². The molecule has 2 rings (SSSR count). The number of fused-ring (bicyclic) bond motifs is 1. The summed E-state index contributed by atoms with van der Waals surface area (Å²) in [4.78, 5) is 11.5. The van der Waals surface area contributed by atoms with Crippen LogP contribution in [-0.2, 0) is 17.9 Å². The zero-order valence-corrected chi connectivity index (χ0v) is 9.13. The van der Waals surface area contributed by atoms with E-state index in [4.69, 9.17) is 0 Å². The summed E-state index contributed by atoms with van der Waals surface area (Å²) in [7, 11) is 0. The molecule has 0 radical (unpaired) electrons. The Labute approximate surface area is 89.9 Å². The highest BCUT2D eigenvalue weighted by atomic mass is 16.1. The molecule has 0 saturated carbocycles.